The van der Waals surface area contributed by atoms with Crippen LogP contribution in [0.15, 0.2) is 30.3 Å². The summed E-state index contributed by atoms with van der Waals surface area (Å²) in [5.74, 6) is 9.22. The van der Waals surface area contributed by atoms with E-state index in [1.807, 2.05) is 30.3 Å². The minimum atomic E-state index is -0.251. The van der Waals surface area contributed by atoms with Gasteiger partial charge >= 0.3 is 0 Å². The van der Waals surface area contributed by atoms with Crippen molar-refractivity contribution in [1.82, 2.24) is 0 Å². The Morgan fingerprint density at radius 3 is 2.67 bits per heavy atom. The molecule has 0 heterocycles. The van der Waals surface area contributed by atoms with Crippen LogP contribution in [0.3, 0.4) is 0 Å². The molecule has 0 aliphatic heterocycles. The van der Waals surface area contributed by atoms with E-state index in [9.17, 15) is 4.79 Å². The zero-order valence-corrected chi connectivity index (χ0v) is 16.7. The van der Waals surface area contributed by atoms with Gasteiger partial charge in [0.1, 0.15) is 11.9 Å². The van der Waals surface area contributed by atoms with Crippen LogP contribution in [0.1, 0.15) is 64.4 Å². The van der Waals surface area contributed by atoms with Crippen molar-refractivity contribution in [1.29, 1.82) is 0 Å². The Labute approximate surface area is 164 Å². The lowest BCUT2D eigenvalue weighted by molar-refractivity contribution is -0.139. The van der Waals surface area contributed by atoms with Gasteiger partial charge in [-0.1, -0.05) is 50.3 Å². The monoisotopic (exact) mass is 364 g/mol. The quantitative estimate of drug-likeness (QED) is 0.682. The minimum Gasteiger partial charge on any atom is -0.364 e. The van der Waals surface area contributed by atoms with Crippen LogP contribution < -0.4 is 0 Å². The zero-order valence-electron chi connectivity index (χ0n) is 16.7. The number of ether oxygens (including phenoxy) is 1. The van der Waals surface area contributed by atoms with Crippen LogP contribution in [-0.4, -0.2) is 18.5 Å². The fourth-order valence-corrected chi connectivity index (χ4v) is 5.65. The van der Waals surface area contributed by atoms with Crippen molar-refractivity contribution in [3.8, 4) is 11.8 Å². The van der Waals surface area contributed by atoms with Crippen LogP contribution in [-0.2, 0) is 9.53 Å². The smallest absolute Gasteiger partial charge is 0.139 e. The number of Topliss-reactive ketones (excluding diaryl/α,β-unsaturated/α-hetero) is 1. The second-order valence-corrected chi connectivity index (χ2v) is 9.41. The van der Waals surface area contributed by atoms with Crippen molar-refractivity contribution in [3.05, 3.63) is 35.9 Å². The molecule has 4 aliphatic rings. The molecule has 2 bridgehead atoms. The highest BCUT2D eigenvalue weighted by atomic mass is 16.5. The van der Waals surface area contributed by atoms with Gasteiger partial charge < -0.3 is 4.74 Å². The topological polar surface area (TPSA) is 26.3 Å². The maximum Gasteiger partial charge on any atom is 0.139 e. The average Bonchev–Trinajstić information content (AvgIpc) is 2.69. The van der Waals surface area contributed by atoms with E-state index in [0.29, 0.717) is 23.5 Å². The third-order valence-corrected chi connectivity index (χ3v) is 7.59. The van der Waals surface area contributed by atoms with Crippen molar-refractivity contribution in [2.75, 3.05) is 6.61 Å². The number of rotatable bonds is 4. The molecule has 27 heavy (non-hydrogen) atoms. The van der Waals surface area contributed by atoms with Gasteiger partial charge in [-0.2, -0.15) is 0 Å². The Balaban J connectivity index is 1.46. The largest absolute Gasteiger partial charge is 0.364 e. The lowest BCUT2D eigenvalue weighted by Gasteiger charge is -2.60. The van der Waals surface area contributed by atoms with Gasteiger partial charge in [-0.3, -0.25) is 4.79 Å². The first-order chi connectivity index (χ1) is 13.1. The SMILES string of the molecule is CC1(C)[C@@H]2CC[C@@H](CO[C@@H](C#Cc3ccccc3)[C@H]3CCCCC3=O)[C@H]1C2. The molecule has 4 saturated carbocycles. The van der Waals surface area contributed by atoms with Gasteiger partial charge in [-0.25, -0.2) is 0 Å². The summed E-state index contributed by atoms with van der Waals surface area (Å²) in [7, 11) is 0. The van der Waals surface area contributed by atoms with E-state index in [0.717, 1.165) is 43.3 Å². The molecular weight excluding hydrogens is 332 g/mol. The van der Waals surface area contributed by atoms with E-state index in [1.54, 1.807) is 0 Å². The number of carbonyl (C=O) groups excluding carboxylic acids is 1. The fraction of sp³-hybridized carbons (Fsp3) is 0.640. The molecule has 2 nitrogen and oxygen atoms in total. The highest BCUT2D eigenvalue weighted by Crippen LogP contribution is 2.61. The lowest BCUT2D eigenvalue weighted by Crippen LogP contribution is -2.53. The number of carbonyl (C=O) groups is 1. The molecule has 1 aromatic carbocycles. The first-order valence-corrected chi connectivity index (χ1v) is 10.8. The number of hydrogen-bond acceptors (Lipinski definition) is 2. The van der Waals surface area contributed by atoms with Gasteiger partial charge in [0.25, 0.3) is 0 Å². The highest BCUT2D eigenvalue weighted by Gasteiger charge is 2.54. The molecule has 0 amide bonds. The van der Waals surface area contributed by atoms with Gasteiger partial charge in [0.15, 0.2) is 0 Å². The van der Waals surface area contributed by atoms with Crippen LogP contribution in [0.4, 0.5) is 0 Å². The maximum absolute atomic E-state index is 12.5. The molecule has 0 spiro atoms. The molecule has 0 N–H and O–H groups in total. The zero-order chi connectivity index (χ0) is 18.9. The summed E-state index contributed by atoms with van der Waals surface area (Å²) >= 11 is 0. The van der Waals surface area contributed by atoms with Crippen molar-refractivity contribution in [2.45, 2.75) is 64.9 Å². The van der Waals surface area contributed by atoms with Gasteiger partial charge in [-0.15, -0.1) is 0 Å². The summed E-state index contributed by atoms with van der Waals surface area (Å²) in [6.45, 7) is 5.61. The van der Waals surface area contributed by atoms with Gasteiger partial charge in [0.05, 0.1) is 12.5 Å². The van der Waals surface area contributed by atoms with Crippen LogP contribution in [0.5, 0.6) is 0 Å². The molecular formula is C25H32O2. The molecule has 4 fully saturated rings. The van der Waals surface area contributed by atoms with Crippen molar-refractivity contribution >= 4 is 5.78 Å². The molecule has 5 rings (SSSR count). The third kappa shape index (κ3) is 3.85. The molecule has 0 unspecified atom stereocenters. The molecule has 0 aromatic heterocycles. The highest BCUT2D eigenvalue weighted by molar-refractivity contribution is 5.82. The summed E-state index contributed by atoms with van der Waals surface area (Å²) in [6.07, 6.45) is 7.48. The third-order valence-electron chi connectivity index (χ3n) is 7.59. The first-order valence-electron chi connectivity index (χ1n) is 10.8. The first kappa shape index (κ1) is 18.8. The molecule has 0 saturated heterocycles. The predicted molar refractivity (Wildman–Crippen MR) is 108 cm³/mol. The van der Waals surface area contributed by atoms with E-state index >= 15 is 0 Å². The normalized spacial score (nSPS) is 32.7. The molecule has 4 aliphatic carbocycles. The van der Waals surface area contributed by atoms with Crippen LogP contribution >= 0.6 is 0 Å². The van der Waals surface area contributed by atoms with Crippen molar-refractivity contribution in [3.63, 3.8) is 0 Å². The summed E-state index contributed by atoms with van der Waals surface area (Å²) in [4.78, 5) is 12.5. The van der Waals surface area contributed by atoms with E-state index in [2.05, 4.69) is 25.7 Å². The summed E-state index contributed by atoms with van der Waals surface area (Å²) in [5, 5.41) is 0. The van der Waals surface area contributed by atoms with Gasteiger partial charge in [-0.05, 0) is 67.4 Å². The molecule has 5 atom stereocenters. The van der Waals surface area contributed by atoms with Crippen LogP contribution in [0.2, 0.25) is 0 Å². The van der Waals surface area contributed by atoms with E-state index in [4.69, 9.17) is 4.74 Å². The van der Waals surface area contributed by atoms with E-state index < -0.39 is 0 Å². The second-order valence-electron chi connectivity index (χ2n) is 9.41. The van der Waals surface area contributed by atoms with Crippen LogP contribution in [0.25, 0.3) is 0 Å². The lowest BCUT2D eigenvalue weighted by atomic mass is 9.46. The van der Waals surface area contributed by atoms with E-state index in [-0.39, 0.29) is 12.0 Å². The Morgan fingerprint density at radius 2 is 1.96 bits per heavy atom. The predicted octanol–water partition coefficient (Wildman–Crippen LogP) is 5.25. The molecule has 1 aromatic rings. The van der Waals surface area contributed by atoms with E-state index in [1.165, 1.54) is 19.3 Å². The maximum atomic E-state index is 12.5. The molecule has 144 valence electrons. The van der Waals surface area contributed by atoms with Gasteiger partial charge in [0, 0.05) is 12.0 Å². The Morgan fingerprint density at radius 1 is 1.15 bits per heavy atom. The standard InChI is InChI=1S/C25H32O2/c1-25(2)20-14-13-19(22(25)16-20)17-27-24(21-10-6-7-11-23(21)26)15-12-18-8-4-3-5-9-18/h3-5,8-9,19-22,24H,6-7,10-11,13-14,16-17H2,1-2H3/t19-,20+,21-,22+,24-/m0/s1. The Hall–Kier alpha value is -1.59. The number of ketones is 1. The minimum absolute atomic E-state index is 0.0410. The molecule has 2 heteroatoms. The summed E-state index contributed by atoms with van der Waals surface area (Å²) in [5.41, 5.74) is 1.47. The second kappa shape index (κ2) is 7.80. The van der Waals surface area contributed by atoms with Crippen molar-refractivity contribution in [2.24, 2.45) is 29.1 Å². The Kier molecular flexibility index (Phi) is 5.42. The summed E-state index contributed by atoms with van der Waals surface area (Å²) in [6, 6.07) is 10.0. The van der Waals surface area contributed by atoms with Crippen LogP contribution in [0, 0.1) is 40.9 Å². The average molecular weight is 365 g/mol. The fourth-order valence-electron chi connectivity index (χ4n) is 5.65. The summed E-state index contributed by atoms with van der Waals surface area (Å²) < 4.78 is 6.41. The number of benzene rings is 1. The van der Waals surface area contributed by atoms with Crippen molar-refractivity contribution < 1.29 is 9.53 Å². The number of hydrogen-bond donors (Lipinski definition) is 0. The number of fused-ring (bicyclic) bond motifs is 2. The van der Waals surface area contributed by atoms with Gasteiger partial charge in [0.2, 0.25) is 0 Å². The molecule has 0 radical (unpaired) electrons. The Bertz CT molecular complexity index is 722.